The molecule has 1 aromatic rings. The molecule has 0 spiro atoms. The van der Waals surface area contributed by atoms with Gasteiger partial charge in [0, 0.05) is 8.80 Å². The molecule has 1 saturated carbocycles. The molecular formula is C29H44F6OSi. The zero-order valence-electron chi connectivity index (χ0n) is 22.2. The van der Waals surface area contributed by atoms with Crippen molar-refractivity contribution in [2.24, 2.45) is 17.8 Å². The summed E-state index contributed by atoms with van der Waals surface area (Å²) in [7, 11) is -0.444. The van der Waals surface area contributed by atoms with Crippen molar-refractivity contribution < 1.29 is 31.1 Å². The van der Waals surface area contributed by atoms with Gasteiger partial charge in [-0.2, -0.15) is 8.78 Å². The van der Waals surface area contributed by atoms with Crippen LogP contribution in [0.2, 0.25) is 18.1 Å². The van der Waals surface area contributed by atoms with Crippen molar-refractivity contribution in [1.82, 2.24) is 0 Å². The van der Waals surface area contributed by atoms with Crippen molar-refractivity contribution in [3.63, 3.8) is 0 Å². The Kier molecular flexibility index (Phi) is 12.2. The molecule has 1 aliphatic heterocycles. The number of ether oxygens (including phenoxy) is 1. The van der Waals surface area contributed by atoms with Crippen LogP contribution in [0.25, 0.3) is 0 Å². The topological polar surface area (TPSA) is 9.23 Å². The summed E-state index contributed by atoms with van der Waals surface area (Å²) >= 11 is 0. The zero-order valence-corrected chi connectivity index (χ0v) is 23.4. The van der Waals surface area contributed by atoms with Gasteiger partial charge in [0.25, 0.3) is 0 Å². The number of benzene rings is 1. The Hall–Kier alpha value is -1.18. The monoisotopic (exact) mass is 550 g/mol. The lowest BCUT2D eigenvalue weighted by molar-refractivity contribution is -0.148. The molecule has 3 rings (SSSR count). The number of unbranched alkanes of at least 4 members (excludes halogenated alkanes) is 3. The third-order valence-corrected chi connectivity index (χ3v) is 12.3. The first-order valence-corrected chi connectivity index (χ1v) is 16.9. The number of hydrogen-bond acceptors (Lipinski definition) is 1. The largest absolute Gasteiger partial charge is 0.481 e. The summed E-state index contributed by atoms with van der Waals surface area (Å²) in [4.78, 5) is 0. The van der Waals surface area contributed by atoms with Crippen molar-refractivity contribution in [3.8, 4) is 5.75 Å². The van der Waals surface area contributed by atoms with Crippen LogP contribution in [0, 0.1) is 29.4 Å². The molecule has 1 saturated heterocycles. The Morgan fingerprint density at radius 2 is 1.51 bits per heavy atom. The Balaban J connectivity index is 1.32. The number of rotatable bonds is 14. The van der Waals surface area contributed by atoms with Gasteiger partial charge in [-0.3, -0.25) is 0 Å². The minimum Gasteiger partial charge on any atom is -0.481 e. The van der Waals surface area contributed by atoms with Crippen molar-refractivity contribution in [2.45, 2.75) is 121 Å². The van der Waals surface area contributed by atoms with Crippen LogP contribution in [0.4, 0.5) is 26.3 Å². The van der Waals surface area contributed by atoms with Gasteiger partial charge in [-0.1, -0.05) is 82.8 Å². The van der Waals surface area contributed by atoms with Gasteiger partial charge in [-0.15, -0.1) is 0 Å². The molecule has 0 N–H and O–H groups in total. The second-order valence-electron chi connectivity index (χ2n) is 11.5. The molecule has 1 heterocycles. The summed E-state index contributed by atoms with van der Waals surface area (Å²) in [5.41, 5.74) is 0.417. The van der Waals surface area contributed by atoms with E-state index in [-0.39, 0.29) is 0 Å². The molecule has 2 fully saturated rings. The SMILES string of the molecule is CCCCC[SiH]1CCC([C@H]2CC[C@H](CCCCc3cc(F)c(OCC(F)(F)C(F)F)c(F)c3)CC2)CC1. The van der Waals surface area contributed by atoms with Crippen LogP contribution in [0.5, 0.6) is 5.75 Å². The van der Waals surface area contributed by atoms with E-state index in [9.17, 15) is 26.3 Å². The van der Waals surface area contributed by atoms with Crippen LogP contribution in [-0.2, 0) is 6.42 Å². The number of alkyl halides is 4. The van der Waals surface area contributed by atoms with Crippen LogP contribution in [-0.4, -0.2) is 27.8 Å². The van der Waals surface area contributed by atoms with Crippen LogP contribution in [0.1, 0.15) is 89.5 Å². The maximum Gasteiger partial charge on any atom is 0.340 e. The predicted octanol–water partition coefficient (Wildman–Crippen LogP) is 9.59. The highest BCUT2D eigenvalue weighted by Crippen LogP contribution is 2.42. The van der Waals surface area contributed by atoms with Crippen LogP contribution < -0.4 is 4.74 Å². The van der Waals surface area contributed by atoms with Crippen LogP contribution in [0.15, 0.2) is 12.1 Å². The maximum absolute atomic E-state index is 14.2. The van der Waals surface area contributed by atoms with Crippen LogP contribution >= 0.6 is 0 Å². The average molecular weight is 551 g/mol. The van der Waals surface area contributed by atoms with Crippen LogP contribution in [0.3, 0.4) is 0 Å². The van der Waals surface area contributed by atoms with Gasteiger partial charge in [-0.25, -0.2) is 17.6 Å². The first kappa shape index (κ1) is 30.4. The number of hydrogen-bond donors (Lipinski definition) is 0. The molecule has 37 heavy (non-hydrogen) atoms. The average Bonchev–Trinajstić information content (AvgIpc) is 2.87. The van der Waals surface area contributed by atoms with Gasteiger partial charge in [0.2, 0.25) is 0 Å². The predicted molar refractivity (Wildman–Crippen MR) is 140 cm³/mol. The fourth-order valence-electron chi connectivity index (χ4n) is 6.47. The summed E-state index contributed by atoms with van der Waals surface area (Å²) in [5, 5.41) is 0. The molecule has 2 aliphatic rings. The summed E-state index contributed by atoms with van der Waals surface area (Å²) in [6.45, 7) is 0.508. The minimum atomic E-state index is -4.47. The molecule has 0 bridgehead atoms. The van der Waals surface area contributed by atoms with Gasteiger partial charge >= 0.3 is 12.3 Å². The standard InChI is InChI=1S/C29H44F6OSi/c1-2-3-6-15-37-16-13-24(14-17-37)23-11-9-21(10-12-23)7-4-5-8-22-18-25(30)27(26(31)19-22)36-20-29(34,35)28(32)33/h18-19,21,23-24,28,37H,2-17,20H2,1H3/t21-,23-,24?,37?. The van der Waals surface area contributed by atoms with Gasteiger partial charge in [0.05, 0.1) is 0 Å². The van der Waals surface area contributed by atoms with Gasteiger partial charge < -0.3 is 4.74 Å². The maximum atomic E-state index is 14.2. The van der Waals surface area contributed by atoms with E-state index in [0.717, 1.165) is 49.1 Å². The van der Waals surface area contributed by atoms with E-state index in [2.05, 4.69) is 11.7 Å². The van der Waals surface area contributed by atoms with Crippen molar-refractivity contribution >= 4 is 8.80 Å². The Morgan fingerprint density at radius 3 is 2.11 bits per heavy atom. The smallest absolute Gasteiger partial charge is 0.340 e. The Labute approximate surface area is 220 Å². The highest BCUT2D eigenvalue weighted by Gasteiger charge is 2.42. The molecule has 1 aliphatic carbocycles. The summed E-state index contributed by atoms with van der Waals surface area (Å²) in [5.74, 6) is -5.19. The van der Waals surface area contributed by atoms with Crippen molar-refractivity contribution in [2.75, 3.05) is 6.61 Å². The number of halogens is 6. The molecule has 0 atom stereocenters. The molecule has 0 radical (unpaired) electrons. The lowest BCUT2D eigenvalue weighted by atomic mass is 9.73. The molecule has 1 nitrogen and oxygen atoms in total. The third kappa shape index (κ3) is 9.50. The Bertz CT molecular complexity index is 781. The summed E-state index contributed by atoms with van der Waals surface area (Å²) in [6.07, 6.45) is 11.8. The van der Waals surface area contributed by atoms with E-state index in [0.29, 0.717) is 12.0 Å². The van der Waals surface area contributed by atoms with Gasteiger partial charge in [0.15, 0.2) is 24.0 Å². The molecule has 0 amide bonds. The fraction of sp³-hybridized carbons (Fsp3) is 0.793. The van der Waals surface area contributed by atoms with E-state index in [4.69, 9.17) is 0 Å². The second kappa shape index (κ2) is 14.8. The highest BCUT2D eigenvalue weighted by molar-refractivity contribution is 6.58. The molecule has 0 aromatic heterocycles. The number of aryl methyl sites for hydroxylation is 1. The molecule has 0 unspecified atom stereocenters. The molecular weight excluding hydrogens is 506 g/mol. The lowest BCUT2D eigenvalue weighted by Crippen LogP contribution is -2.34. The van der Waals surface area contributed by atoms with E-state index in [1.165, 1.54) is 57.8 Å². The van der Waals surface area contributed by atoms with Crippen molar-refractivity contribution in [3.05, 3.63) is 29.3 Å². The third-order valence-electron chi connectivity index (χ3n) is 8.78. The van der Waals surface area contributed by atoms with Crippen molar-refractivity contribution in [1.29, 1.82) is 0 Å². The summed E-state index contributed by atoms with van der Waals surface area (Å²) < 4.78 is 83.2. The molecule has 8 heteroatoms. The second-order valence-corrected chi connectivity index (χ2v) is 15.0. The quantitative estimate of drug-likeness (QED) is 0.127. The highest BCUT2D eigenvalue weighted by atomic mass is 28.3. The fourth-order valence-corrected chi connectivity index (χ4v) is 10.00. The van der Waals surface area contributed by atoms with E-state index in [1.807, 2.05) is 0 Å². The first-order valence-electron chi connectivity index (χ1n) is 14.5. The zero-order chi connectivity index (χ0) is 26.8. The van der Waals surface area contributed by atoms with E-state index >= 15 is 0 Å². The lowest BCUT2D eigenvalue weighted by Gasteiger charge is -2.37. The van der Waals surface area contributed by atoms with E-state index in [1.54, 1.807) is 18.1 Å². The molecule has 212 valence electrons. The first-order chi connectivity index (χ1) is 17.7. The molecule has 1 aromatic carbocycles. The van der Waals surface area contributed by atoms with Gasteiger partial charge in [-0.05, 0) is 61.1 Å². The Morgan fingerprint density at radius 1 is 0.892 bits per heavy atom. The van der Waals surface area contributed by atoms with Gasteiger partial charge in [0.1, 0.15) is 0 Å². The minimum absolute atomic E-state index is 0.417. The van der Waals surface area contributed by atoms with E-state index < -0.39 is 45.1 Å². The summed E-state index contributed by atoms with van der Waals surface area (Å²) in [6, 6.07) is 6.78. The normalized spacial score (nSPS) is 25.0.